The van der Waals surface area contributed by atoms with Crippen LogP contribution in [0.1, 0.15) is 52.6 Å². The molecule has 1 aliphatic rings. The Balaban J connectivity index is 1.94. The minimum Gasteiger partial charge on any atom is -0.444 e. The molecule has 0 N–H and O–H groups in total. The number of hydrogen-bond donors (Lipinski definition) is 0. The van der Waals surface area contributed by atoms with Gasteiger partial charge in [0.15, 0.2) is 0 Å². The van der Waals surface area contributed by atoms with Crippen molar-refractivity contribution in [3.05, 3.63) is 24.3 Å². The molecule has 6 nitrogen and oxygen atoms in total. The van der Waals surface area contributed by atoms with E-state index in [0.29, 0.717) is 6.54 Å². The highest BCUT2D eigenvalue weighted by atomic mass is 16.6. The van der Waals surface area contributed by atoms with Crippen LogP contribution in [0.4, 0.5) is 4.79 Å². The van der Waals surface area contributed by atoms with Crippen LogP contribution in [0.25, 0.3) is 11.0 Å². The summed E-state index contributed by atoms with van der Waals surface area (Å²) in [5, 5.41) is 8.53. The number of likely N-dealkylation sites (tertiary alicyclic amines) is 1. The lowest BCUT2D eigenvalue weighted by atomic mass is 10.2. The normalized spacial score (nSPS) is 19.6. The van der Waals surface area contributed by atoms with Crippen molar-refractivity contribution in [2.24, 2.45) is 0 Å². The molecule has 0 spiro atoms. The lowest BCUT2D eigenvalue weighted by Gasteiger charge is -2.32. The summed E-state index contributed by atoms with van der Waals surface area (Å²) in [5.41, 5.74) is 1.30. The van der Waals surface area contributed by atoms with Crippen molar-refractivity contribution in [3.63, 3.8) is 0 Å². The third-order valence-electron chi connectivity index (χ3n) is 4.01. The number of nitrogens with zero attached hydrogens (tertiary/aromatic N) is 4. The predicted molar refractivity (Wildman–Crippen MR) is 88.0 cm³/mol. The van der Waals surface area contributed by atoms with E-state index in [2.05, 4.69) is 10.3 Å². The number of ether oxygens (including phenoxy) is 1. The van der Waals surface area contributed by atoms with Gasteiger partial charge in [0.25, 0.3) is 0 Å². The number of carbonyl (C=O) groups is 1. The molecule has 0 aliphatic carbocycles. The minimum absolute atomic E-state index is 0.139. The standard InChI is InChI=1S/C17H24N4O2/c1-17(2,3)23-16(22)20-12-8-4-5-11-15(20)21-14-10-7-6-9-13(14)18-19-21/h6-7,9-10,15H,4-5,8,11-12H2,1-3H3. The highest BCUT2D eigenvalue weighted by molar-refractivity contribution is 5.74. The fraction of sp³-hybridized carbons (Fsp3) is 0.588. The summed E-state index contributed by atoms with van der Waals surface area (Å²) >= 11 is 0. The molecule has 1 unspecified atom stereocenters. The Labute approximate surface area is 136 Å². The number of carbonyl (C=O) groups excluding carboxylic acids is 1. The zero-order valence-electron chi connectivity index (χ0n) is 14.0. The number of fused-ring (bicyclic) bond motifs is 1. The molecule has 2 heterocycles. The van der Waals surface area contributed by atoms with Crippen molar-refractivity contribution in [2.75, 3.05) is 6.54 Å². The van der Waals surface area contributed by atoms with E-state index in [4.69, 9.17) is 4.74 Å². The number of amides is 1. The quantitative estimate of drug-likeness (QED) is 0.804. The number of aromatic nitrogens is 3. The summed E-state index contributed by atoms with van der Waals surface area (Å²) in [6, 6.07) is 7.84. The summed E-state index contributed by atoms with van der Waals surface area (Å²) in [6.45, 7) is 6.36. The first-order chi connectivity index (χ1) is 11.0. The summed E-state index contributed by atoms with van der Waals surface area (Å²) < 4.78 is 7.46. The van der Waals surface area contributed by atoms with E-state index in [1.807, 2.05) is 49.7 Å². The third kappa shape index (κ3) is 3.46. The third-order valence-corrected chi connectivity index (χ3v) is 4.01. The van der Waals surface area contributed by atoms with Gasteiger partial charge < -0.3 is 4.74 Å². The van der Waals surface area contributed by atoms with Gasteiger partial charge >= 0.3 is 6.09 Å². The van der Waals surface area contributed by atoms with Crippen LogP contribution in [0.2, 0.25) is 0 Å². The summed E-state index contributed by atoms with van der Waals surface area (Å²) in [6.07, 6.45) is 3.62. The molecule has 1 aliphatic heterocycles. The molecule has 0 bridgehead atoms. The van der Waals surface area contributed by atoms with Gasteiger partial charge in [0.2, 0.25) is 0 Å². The number of para-hydroxylation sites is 1. The van der Waals surface area contributed by atoms with Gasteiger partial charge in [0, 0.05) is 6.54 Å². The van der Waals surface area contributed by atoms with Gasteiger partial charge in [0.05, 0.1) is 5.52 Å². The number of benzene rings is 1. The second-order valence-corrected chi connectivity index (χ2v) is 7.03. The van der Waals surface area contributed by atoms with Crippen molar-refractivity contribution < 1.29 is 9.53 Å². The Bertz CT molecular complexity index is 689. The van der Waals surface area contributed by atoms with E-state index in [9.17, 15) is 4.79 Å². The summed E-state index contributed by atoms with van der Waals surface area (Å²) in [4.78, 5) is 14.5. The monoisotopic (exact) mass is 316 g/mol. The van der Waals surface area contributed by atoms with Gasteiger partial charge in [-0.3, -0.25) is 4.90 Å². The first kappa shape index (κ1) is 15.8. The number of rotatable bonds is 1. The van der Waals surface area contributed by atoms with E-state index >= 15 is 0 Å². The molecule has 6 heteroatoms. The molecule has 0 saturated carbocycles. The molecule has 1 amide bonds. The van der Waals surface area contributed by atoms with Crippen molar-refractivity contribution in [2.45, 2.75) is 58.2 Å². The molecule has 1 aromatic heterocycles. The van der Waals surface area contributed by atoms with Gasteiger partial charge in [-0.1, -0.05) is 23.8 Å². The van der Waals surface area contributed by atoms with Gasteiger partial charge in [-0.2, -0.15) is 0 Å². The van der Waals surface area contributed by atoms with Crippen LogP contribution in [-0.2, 0) is 4.74 Å². The van der Waals surface area contributed by atoms with E-state index in [1.165, 1.54) is 0 Å². The van der Waals surface area contributed by atoms with E-state index < -0.39 is 5.60 Å². The van der Waals surface area contributed by atoms with Gasteiger partial charge in [0.1, 0.15) is 17.3 Å². The minimum atomic E-state index is -0.502. The average molecular weight is 316 g/mol. The van der Waals surface area contributed by atoms with E-state index in [-0.39, 0.29) is 12.3 Å². The molecular weight excluding hydrogens is 292 g/mol. The smallest absolute Gasteiger partial charge is 0.412 e. The predicted octanol–water partition coefficient (Wildman–Crippen LogP) is 3.74. The molecule has 0 radical (unpaired) electrons. The molecule has 1 saturated heterocycles. The highest BCUT2D eigenvalue weighted by Crippen LogP contribution is 2.29. The Hall–Kier alpha value is -2.11. The molecule has 1 aromatic carbocycles. The van der Waals surface area contributed by atoms with E-state index in [0.717, 1.165) is 36.7 Å². The molecule has 23 heavy (non-hydrogen) atoms. The lowest BCUT2D eigenvalue weighted by molar-refractivity contribution is 0.00662. The van der Waals surface area contributed by atoms with Crippen molar-refractivity contribution in [1.82, 2.24) is 19.9 Å². The Kier molecular flexibility index (Phi) is 4.24. The fourth-order valence-corrected chi connectivity index (χ4v) is 2.99. The molecule has 1 fully saturated rings. The van der Waals surface area contributed by atoms with Crippen LogP contribution in [0, 0.1) is 0 Å². The highest BCUT2D eigenvalue weighted by Gasteiger charge is 2.31. The molecule has 2 aromatic rings. The first-order valence-corrected chi connectivity index (χ1v) is 8.25. The van der Waals surface area contributed by atoms with Crippen LogP contribution >= 0.6 is 0 Å². The topological polar surface area (TPSA) is 60.2 Å². The fourth-order valence-electron chi connectivity index (χ4n) is 2.99. The maximum atomic E-state index is 12.7. The van der Waals surface area contributed by atoms with Crippen LogP contribution in [-0.4, -0.2) is 38.1 Å². The second-order valence-electron chi connectivity index (χ2n) is 7.03. The summed E-state index contributed by atoms with van der Waals surface area (Å²) in [7, 11) is 0. The van der Waals surface area contributed by atoms with Crippen LogP contribution in [0.3, 0.4) is 0 Å². The lowest BCUT2D eigenvalue weighted by Crippen LogP contribution is -2.41. The van der Waals surface area contributed by atoms with Gasteiger partial charge in [-0.25, -0.2) is 9.48 Å². The molecular formula is C17H24N4O2. The zero-order valence-corrected chi connectivity index (χ0v) is 14.0. The molecule has 3 rings (SSSR count). The molecule has 124 valence electrons. The number of hydrogen-bond acceptors (Lipinski definition) is 4. The Morgan fingerprint density at radius 1 is 1.22 bits per heavy atom. The van der Waals surface area contributed by atoms with Crippen LogP contribution in [0.15, 0.2) is 24.3 Å². The summed E-state index contributed by atoms with van der Waals surface area (Å²) in [5.74, 6) is 0. The van der Waals surface area contributed by atoms with Crippen molar-refractivity contribution in [1.29, 1.82) is 0 Å². The Morgan fingerprint density at radius 3 is 2.78 bits per heavy atom. The average Bonchev–Trinajstić information content (AvgIpc) is 2.74. The molecule has 1 atom stereocenters. The maximum absolute atomic E-state index is 12.7. The van der Waals surface area contributed by atoms with Crippen molar-refractivity contribution in [3.8, 4) is 0 Å². The first-order valence-electron chi connectivity index (χ1n) is 8.25. The van der Waals surface area contributed by atoms with E-state index in [1.54, 1.807) is 4.90 Å². The maximum Gasteiger partial charge on any atom is 0.412 e. The zero-order chi connectivity index (χ0) is 16.4. The van der Waals surface area contributed by atoms with Gasteiger partial charge in [-0.05, 0) is 52.2 Å². The Morgan fingerprint density at radius 2 is 2.00 bits per heavy atom. The largest absolute Gasteiger partial charge is 0.444 e. The van der Waals surface area contributed by atoms with Gasteiger partial charge in [-0.15, -0.1) is 5.10 Å². The van der Waals surface area contributed by atoms with Crippen LogP contribution < -0.4 is 0 Å². The SMILES string of the molecule is CC(C)(C)OC(=O)N1CCCCCC1n1nnc2ccccc21. The second kappa shape index (κ2) is 6.18. The van der Waals surface area contributed by atoms with Crippen LogP contribution in [0.5, 0.6) is 0 Å². The van der Waals surface area contributed by atoms with Crippen molar-refractivity contribution >= 4 is 17.1 Å².